The SMILES string of the molecule is C[C@@H]1CC[C@]2(NC1)O[C@H]1C[C@H]3[C@@H]4CC=C5C[C@@H](O[C@H]6O[C@@H](CO)[C@H](O)[C@@H](O[C@@H]7O[C@H](C)[C@H](O)[C@H](O)[C@@H]7O)[C@@H]6O[C@@H]6O[C@H](C)[C@@H](O)[C@H](O)[C@@H]6O)CC[C@]5(C)[C@@H]4CC[C@]3(C)[C@H]1[C@@H]2C. The number of piperidine rings is 1. The molecule has 9 aliphatic rings. The standard InChI is InChI=1S/C45H73NO15/c1-19-9-14-45(46-17-19)20(2)30-28(61-45)16-27-25-8-7-23-15-24(10-12-43(23,5)26(25)11-13-44(27,30)6)57-42-39(60-41-37(54)35(52)32(49)22(4)56-41)38(33(50)29(18-47)58-42)59-40-36(53)34(51)31(48)21(3)55-40/h7,19-22,24-42,46-54H,8-18H2,1-6H3/t19-,20+,21-,22-,24+,25-,26-,27+,28+,29+,30+,31+,32-,33+,34+,35+,36+,37+,38-,39+,40+,41+,42+,43+,44+,45+/m1/s1. The number of aliphatic hydroxyl groups excluding tert-OH is 8. The molecule has 0 bridgehead atoms. The molecule has 0 aromatic heterocycles. The molecule has 0 unspecified atom stereocenters. The molecule has 16 heteroatoms. The minimum absolute atomic E-state index is 0.0148. The lowest BCUT2D eigenvalue weighted by Crippen LogP contribution is -2.67. The van der Waals surface area contributed by atoms with Gasteiger partial charge in [-0.05, 0) is 112 Å². The topological polar surface area (TPSA) is 238 Å². The van der Waals surface area contributed by atoms with Crippen LogP contribution in [0.3, 0.4) is 0 Å². The van der Waals surface area contributed by atoms with Crippen molar-refractivity contribution in [3.05, 3.63) is 11.6 Å². The lowest BCUT2D eigenvalue weighted by Gasteiger charge is -2.59. The van der Waals surface area contributed by atoms with Crippen LogP contribution in [0.4, 0.5) is 0 Å². The van der Waals surface area contributed by atoms with Gasteiger partial charge in [0.2, 0.25) is 0 Å². The lowest BCUT2D eigenvalue weighted by atomic mass is 9.47. The van der Waals surface area contributed by atoms with Crippen molar-refractivity contribution in [1.29, 1.82) is 0 Å². The summed E-state index contributed by atoms with van der Waals surface area (Å²) in [4.78, 5) is 0. The van der Waals surface area contributed by atoms with Crippen LogP contribution in [-0.4, -0.2) is 164 Å². The van der Waals surface area contributed by atoms with Crippen molar-refractivity contribution in [2.24, 2.45) is 46.3 Å². The second-order valence-electron chi connectivity index (χ2n) is 21.2. The lowest BCUT2D eigenvalue weighted by molar-refractivity contribution is -0.393. The van der Waals surface area contributed by atoms with Crippen LogP contribution in [0.5, 0.6) is 0 Å². The number of nitrogens with one attached hydrogen (secondary N) is 1. The number of rotatable bonds is 7. The Kier molecular flexibility index (Phi) is 12.4. The van der Waals surface area contributed by atoms with E-state index in [0.29, 0.717) is 48.3 Å². The van der Waals surface area contributed by atoms with E-state index in [9.17, 15) is 40.9 Å². The summed E-state index contributed by atoms with van der Waals surface area (Å²) in [5, 5.41) is 89.7. The second kappa shape index (κ2) is 16.8. The maximum absolute atomic E-state index is 11.6. The number of hydrogen-bond acceptors (Lipinski definition) is 16. The van der Waals surface area contributed by atoms with Crippen molar-refractivity contribution in [2.45, 2.75) is 209 Å². The fraction of sp³-hybridized carbons (Fsp3) is 0.956. The summed E-state index contributed by atoms with van der Waals surface area (Å²) in [6.45, 7) is 13.2. The second-order valence-corrected chi connectivity index (χ2v) is 21.2. The molecule has 26 atom stereocenters. The first-order valence-corrected chi connectivity index (χ1v) is 23.3. The van der Waals surface area contributed by atoms with Crippen molar-refractivity contribution < 1.29 is 74.0 Å². The van der Waals surface area contributed by atoms with Gasteiger partial charge >= 0.3 is 0 Å². The van der Waals surface area contributed by atoms with E-state index in [-0.39, 0.29) is 28.8 Å². The summed E-state index contributed by atoms with van der Waals surface area (Å²) in [6, 6.07) is 0. The number of hydrogen-bond donors (Lipinski definition) is 9. The van der Waals surface area contributed by atoms with Gasteiger partial charge in [-0.2, -0.15) is 0 Å². The summed E-state index contributed by atoms with van der Waals surface area (Å²) in [6.07, 6.45) is -10.2. The van der Waals surface area contributed by atoms with Gasteiger partial charge in [0.25, 0.3) is 0 Å². The molecule has 348 valence electrons. The van der Waals surface area contributed by atoms with Crippen LogP contribution >= 0.6 is 0 Å². The first-order valence-electron chi connectivity index (χ1n) is 23.3. The minimum atomic E-state index is -1.73. The van der Waals surface area contributed by atoms with Gasteiger partial charge in [-0.3, -0.25) is 5.32 Å². The molecule has 16 nitrogen and oxygen atoms in total. The van der Waals surface area contributed by atoms with Gasteiger partial charge in [0, 0.05) is 12.5 Å². The highest BCUT2D eigenvalue weighted by Crippen LogP contribution is 2.70. The average Bonchev–Trinajstić information content (AvgIpc) is 3.69. The van der Waals surface area contributed by atoms with Crippen LogP contribution in [-0.2, 0) is 33.2 Å². The Balaban J connectivity index is 0.937. The summed E-state index contributed by atoms with van der Waals surface area (Å²) < 4.78 is 44.1. The van der Waals surface area contributed by atoms with E-state index in [4.69, 9.17) is 33.2 Å². The van der Waals surface area contributed by atoms with Gasteiger partial charge in [0.15, 0.2) is 18.9 Å². The molecule has 9 rings (SSSR count). The fourth-order valence-corrected chi connectivity index (χ4v) is 14.1. The van der Waals surface area contributed by atoms with Gasteiger partial charge in [-0.1, -0.05) is 39.3 Å². The van der Waals surface area contributed by atoms with E-state index in [2.05, 4.69) is 39.1 Å². The van der Waals surface area contributed by atoms with Crippen LogP contribution in [0, 0.1) is 46.3 Å². The van der Waals surface area contributed by atoms with Crippen molar-refractivity contribution in [1.82, 2.24) is 5.32 Å². The smallest absolute Gasteiger partial charge is 0.187 e. The maximum atomic E-state index is 11.6. The van der Waals surface area contributed by atoms with E-state index in [1.807, 2.05) is 0 Å². The van der Waals surface area contributed by atoms with Crippen LogP contribution in [0.1, 0.15) is 99.3 Å². The van der Waals surface area contributed by atoms with E-state index >= 15 is 0 Å². The van der Waals surface area contributed by atoms with Crippen molar-refractivity contribution in [2.75, 3.05) is 13.2 Å². The first kappa shape index (κ1) is 45.3. The Morgan fingerprint density at radius 1 is 0.705 bits per heavy atom. The zero-order valence-corrected chi connectivity index (χ0v) is 36.6. The molecule has 3 saturated carbocycles. The molecule has 61 heavy (non-hydrogen) atoms. The molecule has 0 radical (unpaired) electrons. The number of allylic oxidation sites excluding steroid dienone is 1. The third-order valence-corrected chi connectivity index (χ3v) is 17.9. The Labute approximate surface area is 359 Å². The van der Waals surface area contributed by atoms with E-state index in [1.165, 1.54) is 38.7 Å². The first-order chi connectivity index (χ1) is 28.9. The molecule has 1 spiro atoms. The highest BCUT2D eigenvalue weighted by Gasteiger charge is 2.68. The third-order valence-electron chi connectivity index (χ3n) is 17.9. The van der Waals surface area contributed by atoms with Crippen LogP contribution in [0.25, 0.3) is 0 Å². The molecule has 0 amide bonds. The summed E-state index contributed by atoms with van der Waals surface area (Å²) in [5.74, 6) is 3.40. The van der Waals surface area contributed by atoms with Crippen LogP contribution in [0.15, 0.2) is 11.6 Å². The maximum Gasteiger partial charge on any atom is 0.187 e. The predicted octanol–water partition coefficient (Wildman–Crippen LogP) is 0.815. The van der Waals surface area contributed by atoms with E-state index in [0.717, 1.165) is 32.2 Å². The molecule has 4 aliphatic carbocycles. The zero-order valence-electron chi connectivity index (χ0n) is 36.6. The highest BCUT2D eigenvalue weighted by molar-refractivity contribution is 5.26. The molecule has 5 aliphatic heterocycles. The van der Waals surface area contributed by atoms with Gasteiger partial charge < -0.3 is 74.0 Å². The van der Waals surface area contributed by atoms with Gasteiger partial charge in [-0.25, -0.2) is 0 Å². The molecular formula is C45H73NO15. The number of ether oxygens (including phenoxy) is 7. The van der Waals surface area contributed by atoms with Crippen molar-refractivity contribution in [3.8, 4) is 0 Å². The summed E-state index contributed by atoms with van der Waals surface area (Å²) in [7, 11) is 0. The van der Waals surface area contributed by atoms with E-state index < -0.39 is 98.7 Å². The van der Waals surface area contributed by atoms with E-state index in [1.54, 1.807) is 0 Å². The van der Waals surface area contributed by atoms with Gasteiger partial charge in [0.05, 0.1) is 31.0 Å². The largest absolute Gasteiger partial charge is 0.394 e. The van der Waals surface area contributed by atoms with Gasteiger partial charge in [-0.15, -0.1) is 0 Å². The monoisotopic (exact) mass is 867 g/mol. The normalized spacial score (nSPS) is 58.4. The molecule has 5 heterocycles. The molecule has 5 saturated heterocycles. The third kappa shape index (κ3) is 7.42. The van der Waals surface area contributed by atoms with Crippen LogP contribution < -0.4 is 5.32 Å². The fourth-order valence-electron chi connectivity index (χ4n) is 14.1. The Bertz CT molecular complexity index is 1600. The Morgan fingerprint density at radius 3 is 1.98 bits per heavy atom. The molecular weight excluding hydrogens is 794 g/mol. The quantitative estimate of drug-likeness (QED) is 0.161. The van der Waals surface area contributed by atoms with Crippen molar-refractivity contribution >= 4 is 0 Å². The zero-order chi connectivity index (χ0) is 43.5. The summed E-state index contributed by atoms with van der Waals surface area (Å²) >= 11 is 0. The molecule has 9 N–H and O–H groups in total. The molecule has 8 fully saturated rings. The molecule has 0 aromatic carbocycles. The summed E-state index contributed by atoms with van der Waals surface area (Å²) in [5.41, 5.74) is 1.38. The van der Waals surface area contributed by atoms with Crippen LogP contribution in [0.2, 0.25) is 0 Å². The minimum Gasteiger partial charge on any atom is -0.394 e. The number of aliphatic hydroxyl groups is 8. The average molecular weight is 868 g/mol. The highest BCUT2D eigenvalue weighted by atomic mass is 16.8. The Morgan fingerprint density at radius 2 is 1.36 bits per heavy atom. The number of fused-ring (bicyclic) bond motifs is 7. The predicted molar refractivity (Wildman–Crippen MR) is 215 cm³/mol. The molecule has 0 aromatic rings. The van der Waals surface area contributed by atoms with Gasteiger partial charge in [0.1, 0.15) is 66.8 Å². The van der Waals surface area contributed by atoms with Crippen molar-refractivity contribution in [3.63, 3.8) is 0 Å². The Hall–Kier alpha value is -0.900.